The van der Waals surface area contributed by atoms with Crippen LogP contribution in [-0.4, -0.2) is 32.1 Å². The van der Waals surface area contributed by atoms with Crippen molar-refractivity contribution in [1.29, 1.82) is 0 Å². The summed E-state index contributed by atoms with van der Waals surface area (Å²) < 4.78 is 13.1. The van der Waals surface area contributed by atoms with Crippen molar-refractivity contribution in [2.75, 3.05) is 32.1 Å². The average Bonchev–Trinajstić information content (AvgIpc) is 2.98. The van der Waals surface area contributed by atoms with Crippen molar-refractivity contribution >= 4 is 38.4 Å². The van der Waals surface area contributed by atoms with Gasteiger partial charge in [0.1, 0.15) is 0 Å². The largest absolute Gasteiger partial charge is 0.448 e. The molecule has 0 saturated heterocycles. The summed E-state index contributed by atoms with van der Waals surface area (Å²) in [6.45, 7) is 1.92. The Hall–Kier alpha value is -4.42. The molecule has 0 aromatic heterocycles. The minimum Gasteiger partial charge on any atom is -0.448 e. The third kappa shape index (κ3) is 2.71. The van der Waals surface area contributed by atoms with E-state index in [1.807, 2.05) is 24.3 Å². The Labute approximate surface area is 228 Å². The maximum atomic E-state index is 13.6. The molecule has 1 unspecified atom stereocenters. The van der Waals surface area contributed by atoms with Crippen molar-refractivity contribution < 1.29 is 8.83 Å². The molecule has 6 heteroatoms. The maximum Gasteiger partial charge on any atom is 0.272 e. The van der Waals surface area contributed by atoms with Crippen LogP contribution in [0.1, 0.15) is 28.3 Å². The minimum atomic E-state index is -0.658. The molecule has 3 aliphatic heterocycles. The summed E-state index contributed by atoms with van der Waals surface area (Å²) in [5, 5.41) is 2.88. The van der Waals surface area contributed by atoms with Crippen LogP contribution >= 0.6 is 0 Å². The van der Waals surface area contributed by atoms with Crippen molar-refractivity contribution in [3.8, 4) is 11.1 Å². The highest BCUT2D eigenvalue weighted by Crippen LogP contribution is 2.47. The zero-order valence-electron chi connectivity index (χ0n) is 22.3. The third-order valence-corrected chi connectivity index (χ3v) is 9.55. The summed E-state index contributed by atoms with van der Waals surface area (Å²) in [4.78, 5) is 31.8. The molecule has 0 saturated carbocycles. The molecule has 6 nitrogen and oxygen atoms in total. The lowest BCUT2D eigenvalue weighted by Gasteiger charge is -2.39. The second-order valence-electron chi connectivity index (χ2n) is 11.6. The predicted molar refractivity (Wildman–Crippen MR) is 157 cm³/mol. The molecular weight excluding hydrogens is 500 g/mol. The molecule has 5 aliphatic rings. The van der Waals surface area contributed by atoms with Gasteiger partial charge < -0.3 is 13.7 Å². The lowest BCUT2D eigenvalue weighted by Crippen LogP contribution is -2.35. The molecule has 0 bridgehead atoms. The van der Waals surface area contributed by atoms with Crippen molar-refractivity contribution in [2.24, 2.45) is 0 Å². The molecule has 0 amide bonds. The van der Waals surface area contributed by atoms with E-state index in [9.17, 15) is 9.59 Å². The van der Waals surface area contributed by atoms with E-state index in [0.717, 1.165) is 59.9 Å². The van der Waals surface area contributed by atoms with Gasteiger partial charge in [-0.15, -0.1) is 0 Å². The third-order valence-electron chi connectivity index (χ3n) is 9.55. The van der Waals surface area contributed by atoms with Gasteiger partial charge in [0.05, 0.1) is 0 Å². The fourth-order valence-corrected chi connectivity index (χ4v) is 7.56. The van der Waals surface area contributed by atoms with Crippen molar-refractivity contribution in [2.45, 2.75) is 25.3 Å². The normalized spacial score (nSPS) is 18.1. The second-order valence-corrected chi connectivity index (χ2v) is 11.6. The number of anilines is 1. The number of hydrogen-bond donors (Lipinski definition) is 0. The smallest absolute Gasteiger partial charge is 0.272 e. The summed E-state index contributed by atoms with van der Waals surface area (Å²) >= 11 is 0. The molecule has 0 N–H and O–H groups in total. The van der Waals surface area contributed by atoms with Crippen LogP contribution in [-0.2, 0) is 19.3 Å². The van der Waals surface area contributed by atoms with E-state index in [4.69, 9.17) is 8.83 Å². The van der Waals surface area contributed by atoms with Crippen molar-refractivity contribution in [3.05, 3.63) is 108 Å². The van der Waals surface area contributed by atoms with Crippen molar-refractivity contribution in [3.63, 3.8) is 0 Å². The molecule has 2 aliphatic carbocycles. The van der Waals surface area contributed by atoms with Crippen LogP contribution < -0.4 is 15.8 Å². The fourth-order valence-electron chi connectivity index (χ4n) is 7.56. The van der Waals surface area contributed by atoms with Crippen LogP contribution in [0.2, 0.25) is 0 Å². The molecular formula is C34H26N2O4. The first-order valence-electron chi connectivity index (χ1n) is 14.0. The lowest BCUT2D eigenvalue weighted by molar-refractivity contribution is 0.228. The molecule has 0 spiro atoms. The van der Waals surface area contributed by atoms with E-state index >= 15 is 0 Å². The molecule has 4 aromatic rings. The van der Waals surface area contributed by atoms with Crippen LogP contribution in [0, 0.1) is 10.8 Å². The standard InChI is InChI=1S/C34H26N2O4/c1-35-13-11-17-5-3-7-20-26(17)23(35)15-19-9-10-25-33(28(19)20)40-32-22-16-24-27-18(12-14-36(24)2)6-4-8-21(27)29(22)30(37)31(38)34(32)39-25/h3-10,16,23H,11-15H2,1-2H3. The molecule has 0 fully saturated rings. The predicted octanol–water partition coefficient (Wildman–Crippen LogP) is 5.52. The van der Waals surface area contributed by atoms with Gasteiger partial charge in [-0.2, -0.15) is 0 Å². The monoisotopic (exact) mass is 526 g/mol. The summed E-state index contributed by atoms with van der Waals surface area (Å²) in [5.41, 5.74) is 8.59. The zero-order chi connectivity index (χ0) is 26.9. The van der Waals surface area contributed by atoms with Crippen LogP contribution in [0.5, 0.6) is 0 Å². The Morgan fingerprint density at radius 3 is 2.50 bits per heavy atom. The average molecular weight is 527 g/mol. The van der Waals surface area contributed by atoms with Crippen molar-refractivity contribution in [1.82, 2.24) is 4.90 Å². The Kier molecular flexibility index (Phi) is 4.26. The Morgan fingerprint density at radius 2 is 1.60 bits per heavy atom. The summed E-state index contributed by atoms with van der Waals surface area (Å²) in [7, 11) is 4.27. The van der Waals surface area contributed by atoms with Gasteiger partial charge in [0.25, 0.3) is 5.43 Å². The van der Waals surface area contributed by atoms with Crippen LogP contribution in [0.15, 0.2) is 73.0 Å². The van der Waals surface area contributed by atoms with E-state index in [1.165, 1.54) is 22.3 Å². The fraction of sp³-hybridized carbons (Fsp3) is 0.235. The van der Waals surface area contributed by atoms with Crippen LogP contribution in [0.25, 0.3) is 43.8 Å². The highest BCUT2D eigenvalue weighted by molar-refractivity contribution is 6.14. The molecule has 4 aromatic carbocycles. The second kappa shape index (κ2) is 7.61. The minimum absolute atomic E-state index is 0.0189. The summed E-state index contributed by atoms with van der Waals surface area (Å²) in [6, 6.07) is 18.9. The Balaban J connectivity index is 1.47. The SMILES string of the molecule is CN1CCc2cccc3c2c1cc1c2oc4c5c(ccc4oc=2c(=O)c(=O)c13)CC1c2c(cccc2-5)CCN1C. The number of likely N-dealkylation sites (N-methyl/N-ethyl adjacent to an activating group) is 2. The molecule has 9 rings (SSSR count). The van der Waals surface area contributed by atoms with Gasteiger partial charge in [0, 0.05) is 53.6 Å². The van der Waals surface area contributed by atoms with Gasteiger partial charge in [0.15, 0.2) is 16.6 Å². The number of hydrogen-bond acceptors (Lipinski definition) is 6. The number of nitrogens with zero attached hydrogens (tertiary/aromatic N) is 2. The van der Waals surface area contributed by atoms with E-state index < -0.39 is 10.9 Å². The molecule has 0 radical (unpaired) electrons. The Morgan fingerprint density at radius 1 is 0.775 bits per heavy atom. The lowest BCUT2D eigenvalue weighted by atomic mass is 9.77. The van der Waals surface area contributed by atoms with Gasteiger partial charge in [-0.1, -0.05) is 42.5 Å². The zero-order valence-corrected chi connectivity index (χ0v) is 22.3. The maximum absolute atomic E-state index is 13.6. The molecule has 3 heterocycles. The van der Waals surface area contributed by atoms with Crippen LogP contribution in [0.3, 0.4) is 0 Å². The first-order valence-corrected chi connectivity index (χ1v) is 14.0. The van der Waals surface area contributed by atoms with Gasteiger partial charge in [0.2, 0.25) is 10.8 Å². The van der Waals surface area contributed by atoms with E-state index in [2.05, 4.69) is 54.2 Å². The topological polar surface area (TPSA) is 66.9 Å². The van der Waals surface area contributed by atoms with E-state index in [1.54, 1.807) is 0 Å². The van der Waals surface area contributed by atoms with Gasteiger partial charge >= 0.3 is 0 Å². The summed E-state index contributed by atoms with van der Waals surface area (Å²) in [5.74, 6) is 0. The first kappa shape index (κ1) is 22.4. The summed E-state index contributed by atoms with van der Waals surface area (Å²) in [6.07, 6.45) is 2.80. The van der Waals surface area contributed by atoms with Crippen LogP contribution in [0.4, 0.5) is 5.69 Å². The highest BCUT2D eigenvalue weighted by Gasteiger charge is 2.34. The highest BCUT2D eigenvalue weighted by atomic mass is 16.4. The quantitative estimate of drug-likeness (QED) is 0.243. The molecule has 196 valence electrons. The molecule has 1 atom stereocenters. The number of rotatable bonds is 0. The van der Waals surface area contributed by atoms with E-state index in [0.29, 0.717) is 33.4 Å². The van der Waals surface area contributed by atoms with E-state index in [-0.39, 0.29) is 5.42 Å². The number of benzene rings is 4. The van der Waals surface area contributed by atoms with Gasteiger partial charge in [-0.25, -0.2) is 0 Å². The van der Waals surface area contributed by atoms with Gasteiger partial charge in [-0.3, -0.25) is 14.5 Å². The van der Waals surface area contributed by atoms with Gasteiger partial charge in [-0.05, 0) is 71.6 Å². The number of fused-ring (bicyclic) bond motifs is 7. The molecule has 40 heavy (non-hydrogen) atoms. The Bertz CT molecular complexity index is 2300. The first-order chi connectivity index (χ1) is 19.5.